The van der Waals surface area contributed by atoms with E-state index in [4.69, 9.17) is 0 Å². The molecular weight excluding hydrogens is 172 g/mol. The van der Waals surface area contributed by atoms with Gasteiger partial charge in [-0.05, 0) is 29.1 Å². The molecule has 1 heterocycles. The van der Waals surface area contributed by atoms with Crippen molar-refractivity contribution in [1.29, 1.82) is 0 Å². The molecule has 0 radical (unpaired) electrons. The van der Waals surface area contributed by atoms with E-state index in [1.807, 2.05) is 19.2 Å². The number of nitrogens with zero attached hydrogens (tertiary/aromatic N) is 2. The number of allylic oxidation sites excluding steroid dienone is 1. The van der Waals surface area contributed by atoms with Crippen molar-refractivity contribution in [3.05, 3.63) is 16.6 Å². The molecule has 1 aromatic heterocycles. The number of aldehydes is 1. The summed E-state index contributed by atoms with van der Waals surface area (Å²) in [5.74, 6) is 0.240. The van der Waals surface area contributed by atoms with E-state index in [0.29, 0.717) is 0 Å². The molecule has 0 saturated carbocycles. The first-order chi connectivity index (χ1) is 5.74. The molecule has 0 aliphatic carbocycles. The highest BCUT2D eigenvalue weighted by atomic mass is 32.1. The number of carbonyl (C=O) groups excluding carboxylic acids is 1. The summed E-state index contributed by atoms with van der Waals surface area (Å²) in [6, 6.07) is 0. The zero-order chi connectivity index (χ0) is 8.97. The molecule has 1 rings (SSSR count). The SMILES string of the molecule is CC(C)/C(C=O)=C\c1csnn1. The van der Waals surface area contributed by atoms with E-state index in [-0.39, 0.29) is 5.92 Å². The van der Waals surface area contributed by atoms with Crippen molar-refractivity contribution in [2.24, 2.45) is 5.92 Å². The van der Waals surface area contributed by atoms with Gasteiger partial charge in [0.1, 0.15) is 6.29 Å². The maximum absolute atomic E-state index is 10.6. The Morgan fingerprint density at radius 1 is 1.67 bits per heavy atom. The minimum absolute atomic E-state index is 0.240. The second kappa shape index (κ2) is 4.11. The lowest BCUT2D eigenvalue weighted by Gasteiger charge is -2.00. The predicted octanol–water partition coefficient (Wildman–Crippen LogP) is 1.78. The Labute approximate surface area is 75.3 Å². The van der Waals surface area contributed by atoms with Crippen LogP contribution in [0.4, 0.5) is 0 Å². The molecule has 0 aliphatic heterocycles. The number of hydrogen-bond donors (Lipinski definition) is 0. The van der Waals surface area contributed by atoms with Crippen LogP contribution in [0.3, 0.4) is 0 Å². The molecule has 1 aromatic rings. The molecule has 0 spiro atoms. The molecule has 0 amide bonds. The fraction of sp³-hybridized carbons (Fsp3) is 0.375. The molecule has 12 heavy (non-hydrogen) atoms. The van der Waals surface area contributed by atoms with Crippen molar-refractivity contribution in [2.45, 2.75) is 13.8 Å². The third-order valence-electron chi connectivity index (χ3n) is 1.49. The fourth-order valence-electron chi connectivity index (χ4n) is 0.742. The summed E-state index contributed by atoms with van der Waals surface area (Å²) in [6.07, 6.45) is 2.63. The summed E-state index contributed by atoms with van der Waals surface area (Å²) >= 11 is 1.28. The molecule has 0 aliphatic rings. The van der Waals surface area contributed by atoms with Crippen molar-refractivity contribution >= 4 is 23.9 Å². The van der Waals surface area contributed by atoms with Crippen LogP contribution in [0.15, 0.2) is 11.0 Å². The van der Waals surface area contributed by atoms with E-state index in [0.717, 1.165) is 17.6 Å². The van der Waals surface area contributed by atoms with Crippen molar-refractivity contribution in [2.75, 3.05) is 0 Å². The first-order valence-corrected chi connectivity index (χ1v) is 4.51. The van der Waals surface area contributed by atoms with Gasteiger partial charge in [-0.2, -0.15) is 0 Å². The quantitative estimate of drug-likeness (QED) is 0.528. The average molecular weight is 182 g/mol. The standard InChI is InChI=1S/C8H10N2OS/c1-6(2)7(4-11)3-8-5-12-10-9-8/h3-6H,1-2H3/b7-3-. The lowest BCUT2D eigenvalue weighted by atomic mass is 10.0. The number of carbonyl (C=O) groups is 1. The fourth-order valence-corrected chi connectivity index (χ4v) is 1.15. The molecule has 0 fully saturated rings. The van der Waals surface area contributed by atoms with Gasteiger partial charge in [-0.15, -0.1) is 5.10 Å². The minimum atomic E-state index is 0.240. The van der Waals surface area contributed by atoms with E-state index in [2.05, 4.69) is 9.59 Å². The van der Waals surface area contributed by atoms with Crippen molar-refractivity contribution in [1.82, 2.24) is 9.59 Å². The normalized spacial score (nSPS) is 12.1. The minimum Gasteiger partial charge on any atom is -0.298 e. The van der Waals surface area contributed by atoms with E-state index < -0.39 is 0 Å². The Morgan fingerprint density at radius 3 is 2.83 bits per heavy atom. The summed E-state index contributed by atoms with van der Waals surface area (Å²) < 4.78 is 3.70. The number of hydrogen-bond acceptors (Lipinski definition) is 4. The van der Waals surface area contributed by atoms with Crippen LogP contribution < -0.4 is 0 Å². The van der Waals surface area contributed by atoms with Crippen LogP contribution in [-0.2, 0) is 4.79 Å². The lowest BCUT2D eigenvalue weighted by molar-refractivity contribution is -0.105. The Balaban J connectivity index is 2.85. The van der Waals surface area contributed by atoms with Gasteiger partial charge in [0.25, 0.3) is 0 Å². The summed E-state index contributed by atoms with van der Waals surface area (Å²) in [4.78, 5) is 10.6. The van der Waals surface area contributed by atoms with Gasteiger partial charge in [0.2, 0.25) is 0 Å². The second-order valence-electron chi connectivity index (χ2n) is 2.75. The first kappa shape index (κ1) is 9.06. The van der Waals surface area contributed by atoms with Crippen molar-refractivity contribution < 1.29 is 4.79 Å². The van der Waals surface area contributed by atoms with Gasteiger partial charge in [-0.3, -0.25) is 4.79 Å². The maximum Gasteiger partial charge on any atom is 0.146 e. The summed E-state index contributed by atoms with van der Waals surface area (Å²) in [6.45, 7) is 3.94. The van der Waals surface area contributed by atoms with Gasteiger partial charge >= 0.3 is 0 Å². The average Bonchev–Trinajstić information content (AvgIpc) is 2.51. The van der Waals surface area contributed by atoms with Crippen LogP contribution >= 0.6 is 11.5 Å². The molecule has 0 N–H and O–H groups in total. The molecule has 3 nitrogen and oxygen atoms in total. The number of rotatable bonds is 3. The highest BCUT2D eigenvalue weighted by molar-refractivity contribution is 7.03. The molecule has 0 atom stereocenters. The number of aromatic nitrogens is 2. The van der Waals surface area contributed by atoms with Gasteiger partial charge in [-0.25, -0.2) is 0 Å². The molecular formula is C8H10N2OS. The molecule has 4 heteroatoms. The third-order valence-corrected chi connectivity index (χ3v) is 2.02. The summed E-state index contributed by atoms with van der Waals surface area (Å²) in [7, 11) is 0. The van der Waals surface area contributed by atoms with E-state index in [9.17, 15) is 4.79 Å². The van der Waals surface area contributed by atoms with Crippen LogP contribution in [0.5, 0.6) is 0 Å². The van der Waals surface area contributed by atoms with Crippen LogP contribution in [0, 0.1) is 5.92 Å². The Hall–Kier alpha value is -1.03. The van der Waals surface area contributed by atoms with Crippen LogP contribution in [-0.4, -0.2) is 15.9 Å². The molecule has 0 bridgehead atoms. The van der Waals surface area contributed by atoms with Crippen LogP contribution in [0.2, 0.25) is 0 Å². The molecule has 0 saturated heterocycles. The van der Waals surface area contributed by atoms with E-state index in [1.54, 1.807) is 6.08 Å². The molecule has 0 unspecified atom stereocenters. The predicted molar refractivity (Wildman–Crippen MR) is 48.8 cm³/mol. The molecule has 0 aromatic carbocycles. The van der Waals surface area contributed by atoms with Gasteiger partial charge in [0.15, 0.2) is 0 Å². The molecule has 64 valence electrons. The zero-order valence-corrected chi connectivity index (χ0v) is 7.84. The van der Waals surface area contributed by atoms with E-state index >= 15 is 0 Å². The first-order valence-electron chi connectivity index (χ1n) is 3.68. The van der Waals surface area contributed by atoms with Gasteiger partial charge in [0.05, 0.1) is 5.69 Å². The van der Waals surface area contributed by atoms with Gasteiger partial charge in [0, 0.05) is 5.38 Å². The highest BCUT2D eigenvalue weighted by Crippen LogP contribution is 2.11. The van der Waals surface area contributed by atoms with Crippen LogP contribution in [0.25, 0.3) is 6.08 Å². The Morgan fingerprint density at radius 2 is 2.42 bits per heavy atom. The lowest BCUT2D eigenvalue weighted by Crippen LogP contribution is -1.94. The summed E-state index contributed by atoms with van der Waals surface area (Å²) in [5.41, 5.74) is 1.51. The third kappa shape index (κ3) is 2.23. The maximum atomic E-state index is 10.6. The Bertz CT molecular complexity index is 277. The topological polar surface area (TPSA) is 42.9 Å². The van der Waals surface area contributed by atoms with Gasteiger partial charge in [-0.1, -0.05) is 18.3 Å². The largest absolute Gasteiger partial charge is 0.298 e. The Kier molecular flexibility index (Phi) is 3.10. The monoisotopic (exact) mass is 182 g/mol. The van der Waals surface area contributed by atoms with Gasteiger partial charge < -0.3 is 0 Å². The smallest absolute Gasteiger partial charge is 0.146 e. The van der Waals surface area contributed by atoms with Crippen molar-refractivity contribution in [3.8, 4) is 0 Å². The summed E-state index contributed by atoms with van der Waals surface area (Å²) in [5, 5.41) is 5.63. The zero-order valence-electron chi connectivity index (χ0n) is 7.02. The van der Waals surface area contributed by atoms with Crippen LogP contribution in [0.1, 0.15) is 19.5 Å². The van der Waals surface area contributed by atoms with E-state index in [1.165, 1.54) is 11.5 Å². The van der Waals surface area contributed by atoms with Crippen molar-refractivity contribution in [3.63, 3.8) is 0 Å². The second-order valence-corrected chi connectivity index (χ2v) is 3.36. The highest BCUT2D eigenvalue weighted by Gasteiger charge is 2.02.